The van der Waals surface area contributed by atoms with Crippen molar-refractivity contribution in [3.63, 3.8) is 0 Å². The Kier molecular flexibility index (Phi) is 15.8. The van der Waals surface area contributed by atoms with Gasteiger partial charge in [0.2, 0.25) is 0 Å². The van der Waals surface area contributed by atoms with Gasteiger partial charge in [-0.2, -0.15) is 0 Å². The lowest BCUT2D eigenvalue weighted by Gasteiger charge is -2.37. The van der Waals surface area contributed by atoms with Gasteiger partial charge in [-0.3, -0.25) is 0 Å². The zero-order valence-electron chi connectivity index (χ0n) is 56.1. The minimum Gasteiger partial charge on any atom is -0.309 e. The Balaban J connectivity index is 1.61. The Morgan fingerprint density at radius 3 is 0.762 bits per heavy atom. The highest BCUT2D eigenvalue weighted by Gasteiger charge is 2.34. The molecule has 9 rings (SSSR count). The Morgan fingerprint density at radius 1 is 0.202 bits per heavy atom. The summed E-state index contributed by atoms with van der Waals surface area (Å²) >= 11 is 0. The number of nitrogens with zero attached hydrogens (tertiary/aromatic N) is 2. The van der Waals surface area contributed by atoms with Crippen LogP contribution in [0.3, 0.4) is 0 Å². The van der Waals surface area contributed by atoms with Gasteiger partial charge in [0.25, 0.3) is 0 Å². The lowest BCUT2D eigenvalue weighted by molar-refractivity contribution is 0.530. The van der Waals surface area contributed by atoms with Crippen LogP contribution in [0.1, 0.15) is 211 Å². The Labute approximate surface area is 508 Å². The molecule has 0 saturated carbocycles. The molecule has 0 fully saturated rings. The molecule has 0 N–H and O–H groups in total. The van der Waals surface area contributed by atoms with E-state index in [1.165, 1.54) is 88.3 Å². The molecule has 9 aromatic carbocycles. The number of benzene rings is 9. The van der Waals surface area contributed by atoms with Crippen molar-refractivity contribution in [3.8, 4) is 22.3 Å². The summed E-state index contributed by atoms with van der Waals surface area (Å²) in [6.45, 7) is 56.8. The highest BCUT2D eigenvalue weighted by atomic mass is 15.2. The lowest BCUT2D eigenvalue weighted by Crippen LogP contribution is -2.23. The van der Waals surface area contributed by atoms with Gasteiger partial charge < -0.3 is 9.80 Å². The summed E-state index contributed by atoms with van der Waals surface area (Å²) in [5, 5.41) is 4.71. The van der Waals surface area contributed by atoms with Crippen LogP contribution >= 0.6 is 0 Å². The molecule has 2 nitrogen and oxygen atoms in total. The molecule has 0 atom stereocenters. The van der Waals surface area contributed by atoms with Crippen molar-refractivity contribution in [2.45, 2.75) is 209 Å². The van der Waals surface area contributed by atoms with Crippen LogP contribution in [-0.2, 0) is 43.3 Å². The summed E-state index contributed by atoms with van der Waals surface area (Å²) in [5.74, 6) is 0. The second kappa shape index (κ2) is 21.6. The maximum Gasteiger partial charge on any atom is 0.0620 e. The van der Waals surface area contributed by atoms with E-state index in [0.29, 0.717) is 0 Å². The Morgan fingerprint density at radius 2 is 0.488 bits per heavy atom. The largest absolute Gasteiger partial charge is 0.309 e. The van der Waals surface area contributed by atoms with Crippen molar-refractivity contribution in [3.05, 3.63) is 214 Å². The fraction of sp³-hybridized carbons (Fsp3) is 0.390. The topological polar surface area (TPSA) is 6.48 Å². The number of rotatable bonds is 8. The molecule has 0 unspecified atom stereocenters. The van der Waals surface area contributed by atoms with Gasteiger partial charge in [-0.15, -0.1) is 0 Å². The zero-order chi connectivity index (χ0) is 61.7. The van der Waals surface area contributed by atoms with Crippen LogP contribution in [0.15, 0.2) is 170 Å². The molecule has 0 amide bonds. The third-order valence-corrected chi connectivity index (χ3v) is 17.3. The molecule has 0 saturated heterocycles. The van der Waals surface area contributed by atoms with E-state index >= 15 is 0 Å². The van der Waals surface area contributed by atoms with E-state index in [0.717, 1.165) is 34.1 Å². The first-order chi connectivity index (χ1) is 38.7. The predicted molar refractivity (Wildman–Crippen MR) is 371 cm³/mol. The molecule has 0 heterocycles. The standard InChI is InChI=1S/C82H100N2/c1-75(2,3)57-43-58(76(4,5)6)47-64(46-57)83(63-37-40-71(81(19,20)21)72(52-63)82(22,23)24)73-67-38-35-56(54-33-29-26-30-34-54)42-70(67)74(68-39-36-55(41-69(68)73)53-31-27-25-28-32-53)84(65-48-59(77(7,8)9)44-60(49-65)78(10,11)12)66-50-61(79(13,14)15)45-62(51-66)80(16,17)18/h25-52H,1-24H3. The van der Waals surface area contributed by atoms with Gasteiger partial charge in [0.05, 0.1) is 11.4 Å². The van der Waals surface area contributed by atoms with Crippen LogP contribution in [0.2, 0.25) is 0 Å². The molecule has 0 bridgehead atoms. The van der Waals surface area contributed by atoms with Gasteiger partial charge in [-0.05, 0) is 171 Å². The third-order valence-electron chi connectivity index (χ3n) is 17.3. The average molecular weight is 1110 g/mol. The highest BCUT2D eigenvalue weighted by Crippen LogP contribution is 2.55. The first kappa shape index (κ1) is 61.7. The van der Waals surface area contributed by atoms with Crippen molar-refractivity contribution in [1.29, 1.82) is 0 Å². The smallest absolute Gasteiger partial charge is 0.0620 e. The fourth-order valence-corrected chi connectivity index (χ4v) is 11.9. The minimum atomic E-state index is -0.144. The van der Waals surface area contributed by atoms with Crippen molar-refractivity contribution in [2.75, 3.05) is 9.80 Å². The van der Waals surface area contributed by atoms with Crippen molar-refractivity contribution >= 4 is 55.7 Å². The molecule has 9 aromatic rings. The van der Waals surface area contributed by atoms with Crippen LogP contribution in [0.5, 0.6) is 0 Å². The van der Waals surface area contributed by atoms with Gasteiger partial charge in [-0.25, -0.2) is 0 Å². The highest BCUT2D eigenvalue weighted by molar-refractivity contribution is 6.24. The van der Waals surface area contributed by atoms with Gasteiger partial charge in [0.15, 0.2) is 0 Å². The molecule has 0 aliphatic carbocycles. The fourth-order valence-electron chi connectivity index (χ4n) is 11.9. The number of hydrogen-bond donors (Lipinski definition) is 0. The third kappa shape index (κ3) is 12.7. The normalized spacial score (nSPS) is 13.2. The first-order valence-corrected chi connectivity index (χ1v) is 31.1. The van der Waals surface area contributed by atoms with Crippen LogP contribution in [0.25, 0.3) is 43.8 Å². The van der Waals surface area contributed by atoms with Crippen LogP contribution < -0.4 is 9.80 Å². The first-order valence-electron chi connectivity index (χ1n) is 31.1. The van der Waals surface area contributed by atoms with Gasteiger partial charge >= 0.3 is 0 Å². The second-order valence-corrected chi connectivity index (χ2v) is 32.7. The van der Waals surface area contributed by atoms with E-state index < -0.39 is 0 Å². The zero-order valence-corrected chi connectivity index (χ0v) is 56.1. The van der Waals surface area contributed by atoms with E-state index in [9.17, 15) is 0 Å². The summed E-state index contributed by atoms with van der Waals surface area (Å²) in [6, 6.07) is 66.6. The summed E-state index contributed by atoms with van der Waals surface area (Å²) in [4.78, 5) is 5.34. The molecule has 0 spiro atoms. The van der Waals surface area contributed by atoms with E-state index in [1.807, 2.05) is 0 Å². The van der Waals surface area contributed by atoms with E-state index in [2.05, 4.69) is 346 Å². The number of anilines is 6. The summed E-state index contributed by atoms with van der Waals surface area (Å²) < 4.78 is 0. The quantitative estimate of drug-likeness (QED) is 0.111. The molecule has 0 aliphatic heterocycles. The van der Waals surface area contributed by atoms with E-state index in [4.69, 9.17) is 0 Å². The van der Waals surface area contributed by atoms with Crippen LogP contribution in [0, 0.1) is 0 Å². The molecular formula is C82H100N2. The van der Waals surface area contributed by atoms with Crippen molar-refractivity contribution in [2.24, 2.45) is 0 Å². The molecule has 0 radical (unpaired) electrons. The van der Waals surface area contributed by atoms with Gasteiger partial charge in [0.1, 0.15) is 0 Å². The maximum atomic E-state index is 2.68. The maximum absolute atomic E-state index is 2.68. The summed E-state index contributed by atoms with van der Waals surface area (Å²) in [7, 11) is 0. The van der Waals surface area contributed by atoms with Crippen LogP contribution in [-0.4, -0.2) is 0 Å². The lowest BCUT2D eigenvalue weighted by atomic mass is 9.75. The monoisotopic (exact) mass is 1110 g/mol. The molecule has 0 aromatic heterocycles. The van der Waals surface area contributed by atoms with Crippen molar-refractivity contribution in [1.82, 2.24) is 0 Å². The number of hydrogen-bond acceptors (Lipinski definition) is 2. The van der Waals surface area contributed by atoms with Gasteiger partial charge in [0, 0.05) is 44.3 Å². The van der Waals surface area contributed by atoms with Gasteiger partial charge in [-0.1, -0.05) is 275 Å². The Hall–Kier alpha value is -6.90. The molecule has 438 valence electrons. The molecule has 2 heteroatoms. The van der Waals surface area contributed by atoms with E-state index in [1.54, 1.807) is 0 Å². The molecular weight excluding hydrogens is 1010 g/mol. The minimum absolute atomic E-state index is 0.0747. The Bertz CT molecular complexity index is 3710. The molecule has 84 heavy (non-hydrogen) atoms. The average Bonchev–Trinajstić information content (AvgIpc) is 0.758. The second-order valence-electron chi connectivity index (χ2n) is 32.7. The van der Waals surface area contributed by atoms with E-state index in [-0.39, 0.29) is 43.3 Å². The predicted octanol–water partition coefficient (Wildman–Crippen LogP) is 24.6. The van der Waals surface area contributed by atoms with Crippen LogP contribution in [0.4, 0.5) is 34.1 Å². The summed E-state index contributed by atoms with van der Waals surface area (Å²) in [6.07, 6.45) is 0. The molecule has 0 aliphatic rings. The number of fused-ring (bicyclic) bond motifs is 2. The summed E-state index contributed by atoms with van der Waals surface area (Å²) in [5.41, 5.74) is 21.2. The SMILES string of the molecule is CC(C)(C)c1cc(N(c2cc(C(C)(C)C)cc(C(C)(C)C)c2)c2c3ccc(-c4ccccc4)cc3c(N(c3cc(C(C)(C)C)cc(C(C)(C)C)c3)c3ccc(C(C)(C)C)c(C(C)(C)C)c3)c3ccc(-c4ccccc4)cc23)cc(C(C)(C)C)c1. The van der Waals surface area contributed by atoms with Crippen molar-refractivity contribution < 1.29 is 0 Å².